The quantitative estimate of drug-likeness (QED) is 0.767. The van der Waals surface area contributed by atoms with Crippen LogP contribution in [0.3, 0.4) is 0 Å². The van der Waals surface area contributed by atoms with Gasteiger partial charge in [-0.05, 0) is 38.4 Å². The summed E-state index contributed by atoms with van der Waals surface area (Å²) in [6.07, 6.45) is 4.34. The van der Waals surface area contributed by atoms with Gasteiger partial charge >= 0.3 is 0 Å². The van der Waals surface area contributed by atoms with Crippen LogP contribution in [0.15, 0.2) is 27.2 Å². The number of aromatic nitrogens is 2. The van der Waals surface area contributed by atoms with E-state index in [9.17, 15) is 4.79 Å². The van der Waals surface area contributed by atoms with Gasteiger partial charge in [0.2, 0.25) is 17.7 Å². The van der Waals surface area contributed by atoms with Crippen molar-refractivity contribution in [3.8, 4) is 0 Å². The summed E-state index contributed by atoms with van der Waals surface area (Å²) >= 11 is 0. The van der Waals surface area contributed by atoms with Crippen molar-refractivity contribution < 1.29 is 13.6 Å². The first-order chi connectivity index (χ1) is 12.2. The molecule has 0 aromatic carbocycles. The molecule has 0 radical (unpaired) electrons. The monoisotopic (exact) mass is 346 g/mol. The topological polar surface area (TPSA) is 75.6 Å². The van der Waals surface area contributed by atoms with Crippen molar-refractivity contribution in [3.05, 3.63) is 35.9 Å². The molecule has 0 saturated carbocycles. The maximum absolute atomic E-state index is 12.9. The molecule has 0 bridgehead atoms. The minimum absolute atomic E-state index is 0.0113. The van der Waals surface area contributed by atoms with Crippen molar-refractivity contribution in [3.63, 3.8) is 0 Å². The first-order valence-corrected chi connectivity index (χ1v) is 9.04. The Labute approximate surface area is 148 Å². The molecule has 1 atom stereocenters. The van der Waals surface area contributed by atoms with Gasteiger partial charge in [-0.2, -0.15) is 0 Å². The number of aryl methyl sites for hydroxylation is 1. The number of carbonyl (C=O) groups excluding carboxylic acids is 1. The Hall–Kier alpha value is -2.15. The Morgan fingerprint density at radius 3 is 2.88 bits per heavy atom. The van der Waals surface area contributed by atoms with E-state index in [0.717, 1.165) is 38.2 Å². The smallest absolute Gasteiger partial charge is 0.235 e. The SMILES string of the molecule is CCc1nnc(CN(CC)C(=O)[C@@H]2CCCN(Cc3ccco3)C2)o1. The van der Waals surface area contributed by atoms with Crippen molar-refractivity contribution >= 4 is 5.91 Å². The summed E-state index contributed by atoms with van der Waals surface area (Å²) in [4.78, 5) is 17.0. The molecule has 2 aromatic rings. The van der Waals surface area contributed by atoms with Gasteiger partial charge in [-0.1, -0.05) is 6.92 Å². The van der Waals surface area contributed by atoms with E-state index in [4.69, 9.17) is 8.83 Å². The summed E-state index contributed by atoms with van der Waals surface area (Å²) < 4.78 is 11.0. The highest BCUT2D eigenvalue weighted by molar-refractivity contribution is 5.79. The van der Waals surface area contributed by atoms with Crippen molar-refractivity contribution in [2.45, 2.75) is 46.2 Å². The van der Waals surface area contributed by atoms with Crippen LogP contribution in [0.1, 0.15) is 44.2 Å². The molecule has 136 valence electrons. The predicted octanol–water partition coefficient (Wildman–Crippen LogP) is 2.49. The largest absolute Gasteiger partial charge is 0.468 e. The van der Waals surface area contributed by atoms with Crippen LogP contribution < -0.4 is 0 Å². The Morgan fingerprint density at radius 1 is 1.36 bits per heavy atom. The van der Waals surface area contributed by atoms with E-state index in [0.29, 0.717) is 31.3 Å². The molecule has 0 unspecified atom stereocenters. The molecule has 7 nitrogen and oxygen atoms in total. The first-order valence-electron chi connectivity index (χ1n) is 9.04. The molecule has 1 saturated heterocycles. The van der Waals surface area contributed by atoms with Crippen LogP contribution in [0.2, 0.25) is 0 Å². The van der Waals surface area contributed by atoms with Gasteiger partial charge < -0.3 is 13.7 Å². The molecule has 25 heavy (non-hydrogen) atoms. The maximum Gasteiger partial charge on any atom is 0.235 e. The summed E-state index contributed by atoms with van der Waals surface area (Å²) in [5.74, 6) is 2.25. The summed E-state index contributed by atoms with van der Waals surface area (Å²) in [6, 6.07) is 3.88. The number of carbonyl (C=O) groups is 1. The zero-order valence-corrected chi connectivity index (χ0v) is 15.0. The molecule has 1 aliphatic heterocycles. The Bertz CT molecular complexity index is 668. The highest BCUT2D eigenvalue weighted by Crippen LogP contribution is 2.21. The van der Waals surface area contributed by atoms with E-state index in [1.807, 2.05) is 30.9 Å². The van der Waals surface area contributed by atoms with Gasteiger partial charge in [0.1, 0.15) is 5.76 Å². The van der Waals surface area contributed by atoms with E-state index < -0.39 is 0 Å². The average molecular weight is 346 g/mol. The lowest BCUT2D eigenvalue weighted by atomic mass is 9.96. The lowest BCUT2D eigenvalue weighted by Gasteiger charge is -2.34. The van der Waals surface area contributed by atoms with Crippen LogP contribution in [0.4, 0.5) is 0 Å². The third kappa shape index (κ3) is 4.48. The summed E-state index contributed by atoms with van der Waals surface area (Å²) in [7, 11) is 0. The van der Waals surface area contributed by atoms with Gasteiger partial charge in [-0.25, -0.2) is 0 Å². The second-order valence-electron chi connectivity index (χ2n) is 6.45. The number of furan rings is 1. The fourth-order valence-corrected chi connectivity index (χ4v) is 3.29. The zero-order valence-electron chi connectivity index (χ0n) is 15.0. The summed E-state index contributed by atoms with van der Waals surface area (Å²) in [5.41, 5.74) is 0. The van der Waals surface area contributed by atoms with Gasteiger partial charge in [0.05, 0.1) is 25.3 Å². The van der Waals surface area contributed by atoms with Gasteiger partial charge in [0.25, 0.3) is 0 Å². The maximum atomic E-state index is 12.9. The standard InChI is InChI=1S/C18H26N4O3/c1-3-16-19-20-17(25-16)13-22(4-2)18(23)14-7-5-9-21(11-14)12-15-8-6-10-24-15/h6,8,10,14H,3-5,7,9,11-13H2,1-2H3/t14-/m1/s1. The molecule has 0 N–H and O–H groups in total. The molecule has 7 heteroatoms. The first kappa shape index (κ1) is 17.7. The predicted molar refractivity (Wildman–Crippen MR) is 91.5 cm³/mol. The molecule has 0 spiro atoms. The van der Waals surface area contributed by atoms with Crippen LogP contribution >= 0.6 is 0 Å². The number of likely N-dealkylation sites (tertiary alicyclic amines) is 1. The Balaban J connectivity index is 1.59. The number of hydrogen-bond acceptors (Lipinski definition) is 6. The summed E-state index contributed by atoms with van der Waals surface area (Å²) in [5, 5.41) is 8.01. The lowest BCUT2D eigenvalue weighted by Crippen LogP contribution is -2.44. The van der Waals surface area contributed by atoms with E-state index in [1.165, 1.54) is 0 Å². The molecule has 3 heterocycles. The fraction of sp³-hybridized carbons (Fsp3) is 0.611. The van der Waals surface area contributed by atoms with Gasteiger partial charge in [-0.15, -0.1) is 10.2 Å². The molecular weight excluding hydrogens is 320 g/mol. The second kappa shape index (κ2) is 8.29. The van der Waals surface area contributed by atoms with E-state index in [2.05, 4.69) is 15.1 Å². The minimum Gasteiger partial charge on any atom is -0.468 e. The van der Waals surface area contributed by atoms with Crippen LogP contribution in [0.5, 0.6) is 0 Å². The highest BCUT2D eigenvalue weighted by Gasteiger charge is 2.29. The average Bonchev–Trinajstić information content (AvgIpc) is 3.31. The van der Waals surface area contributed by atoms with Crippen molar-refractivity contribution in [1.29, 1.82) is 0 Å². The third-order valence-electron chi connectivity index (χ3n) is 4.64. The van der Waals surface area contributed by atoms with Crippen molar-refractivity contribution in [1.82, 2.24) is 20.0 Å². The molecule has 1 aliphatic rings. The number of hydrogen-bond donors (Lipinski definition) is 0. The molecule has 2 aromatic heterocycles. The van der Waals surface area contributed by atoms with Gasteiger partial charge in [-0.3, -0.25) is 9.69 Å². The van der Waals surface area contributed by atoms with E-state index in [-0.39, 0.29) is 11.8 Å². The second-order valence-corrected chi connectivity index (χ2v) is 6.45. The highest BCUT2D eigenvalue weighted by atomic mass is 16.4. The Kier molecular flexibility index (Phi) is 5.86. The molecule has 1 fully saturated rings. The molecule has 1 amide bonds. The van der Waals surface area contributed by atoms with Crippen molar-refractivity contribution in [2.24, 2.45) is 5.92 Å². The zero-order chi connectivity index (χ0) is 17.6. The molecule has 3 rings (SSSR count). The third-order valence-corrected chi connectivity index (χ3v) is 4.64. The number of amides is 1. The fourth-order valence-electron chi connectivity index (χ4n) is 3.29. The van der Waals surface area contributed by atoms with E-state index in [1.54, 1.807) is 6.26 Å². The van der Waals surface area contributed by atoms with Gasteiger partial charge in [0, 0.05) is 19.5 Å². The number of rotatable bonds is 7. The van der Waals surface area contributed by atoms with Crippen LogP contribution in [-0.2, 0) is 24.3 Å². The lowest BCUT2D eigenvalue weighted by molar-refractivity contribution is -0.138. The van der Waals surface area contributed by atoms with Gasteiger partial charge in [0.15, 0.2) is 0 Å². The van der Waals surface area contributed by atoms with Crippen LogP contribution in [0.25, 0.3) is 0 Å². The minimum atomic E-state index is 0.0113. The van der Waals surface area contributed by atoms with Crippen LogP contribution in [0, 0.1) is 5.92 Å². The summed E-state index contributed by atoms with van der Waals surface area (Å²) in [6.45, 7) is 7.50. The van der Waals surface area contributed by atoms with Crippen LogP contribution in [-0.4, -0.2) is 45.5 Å². The van der Waals surface area contributed by atoms with E-state index >= 15 is 0 Å². The molecule has 0 aliphatic carbocycles. The molecular formula is C18H26N4O3. The normalized spacial score (nSPS) is 18.4. The number of nitrogens with zero attached hydrogens (tertiary/aromatic N) is 4. The number of piperidine rings is 1. The Morgan fingerprint density at radius 2 is 2.20 bits per heavy atom. The van der Waals surface area contributed by atoms with Crippen molar-refractivity contribution in [2.75, 3.05) is 19.6 Å².